The Morgan fingerprint density at radius 3 is 2.50 bits per heavy atom. The van der Waals surface area contributed by atoms with Gasteiger partial charge in [-0.3, -0.25) is 9.89 Å². The van der Waals surface area contributed by atoms with Crippen molar-refractivity contribution < 1.29 is 0 Å². The topological polar surface area (TPSA) is 39.7 Å². The molecule has 0 bridgehead atoms. The van der Waals surface area contributed by atoms with E-state index in [1.807, 2.05) is 0 Å². The van der Waals surface area contributed by atoms with Crippen LogP contribution in [0, 0.1) is 0 Å². The van der Waals surface area contributed by atoms with Crippen molar-refractivity contribution in [2.24, 2.45) is 4.99 Å². The fourth-order valence-electron chi connectivity index (χ4n) is 2.95. The molecule has 4 nitrogen and oxygen atoms in total. The van der Waals surface area contributed by atoms with Crippen LogP contribution in [-0.4, -0.2) is 49.1 Å². The van der Waals surface area contributed by atoms with E-state index in [9.17, 15) is 0 Å². The number of nitrogens with zero attached hydrogens (tertiary/aromatic N) is 2. The summed E-state index contributed by atoms with van der Waals surface area (Å²) >= 11 is 0. The van der Waals surface area contributed by atoms with Crippen molar-refractivity contribution in [1.82, 2.24) is 15.5 Å². The minimum Gasteiger partial charge on any atom is -0.357 e. The van der Waals surface area contributed by atoms with Crippen LogP contribution < -0.4 is 10.6 Å². The molecule has 0 aromatic carbocycles. The molecule has 2 aliphatic carbocycles. The minimum atomic E-state index is 0.532. The average molecular weight is 280 g/mol. The van der Waals surface area contributed by atoms with Crippen LogP contribution in [0.15, 0.2) is 4.99 Å². The molecular formula is C16H32N4. The van der Waals surface area contributed by atoms with Gasteiger partial charge in [-0.2, -0.15) is 0 Å². The zero-order valence-corrected chi connectivity index (χ0v) is 13.5. The van der Waals surface area contributed by atoms with Crippen LogP contribution in [0.3, 0.4) is 0 Å². The smallest absolute Gasteiger partial charge is 0.191 e. The summed E-state index contributed by atoms with van der Waals surface area (Å²) in [5.74, 6) is 1.01. The Bertz CT molecular complexity index is 306. The SMILES string of the molecule is CCNC(=NCC(C)N(C)C1CC1)NC1CCCCC1. The van der Waals surface area contributed by atoms with Gasteiger partial charge >= 0.3 is 0 Å². The lowest BCUT2D eigenvalue weighted by Crippen LogP contribution is -2.45. The molecule has 2 fully saturated rings. The van der Waals surface area contributed by atoms with E-state index >= 15 is 0 Å². The largest absolute Gasteiger partial charge is 0.357 e. The fraction of sp³-hybridized carbons (Fsp3) is 0.938. The third-order valence-corrected chi connectivity index (χ3v) is 4.62. The maximum Gasteiger partial charge on any atom is 0.191 e. The number of hydrogen-bond donors (Lipinski definition) is 2. The molecule has 2 rings (SSSR count). The van der Waals surface area contributed by atoms with E-state index < -0.39 is 0 Å². The van der Waals surface area contributed by atoms with Crippen LogP contribution in [0.2, 0.25) is 0 Å². The van der Waals surface area contributed by atoms with Crippen LogP contribution >= 0.6 is 0 Å². The van der Waals surface area contributed by atoms with Gasteiger partial charge in [-0.25, -0.2) is 0 Å². The van der Waals surface area contributed by atoms with E-state index in [2.05, 4.69) is 36.4 Å². The Hall–Kier alpha value is -0.770. The second-order valence-corrected chi connectivity index (χ2v) is 6.44. The van der Waals surface area contributed by atoms with E-state index in [4.69, 9.17) is 4.99 Å². The van der Waals surface area contributed by atoms with Gasteiger partial charge < -0.3 is 10.6 Å². The molecule has 4 heteroatoms. The van der Waals surface area contributed by atoms with Crippen LogP contribution in [0.4, 0.5) is 0 Å². The summed E-state index contributed by atoms with van der Waals surface area (Å²) in [5.41, 5.74) is 0. The second-order valence-electron chi connectivity index (χ2n) is 6.44. The number of aliphatic imine (C=N–C) groups is 1. The van der Waals surface area contributed by atoms with Crippen LogP contribution in [0.1, 0.15) is 58.8 Å². The number of rotatable bonds is 6. The Morgan fingerprint density at radius 1 is 1.20 bits per heavy atom. The van der Waals surface area contributed by atoms with Crippen LogP contribution in [0.5, 0.6) is 0 Å². The lowest BCUT2D eigenvalue weighted by molar-refractivity contribution is 0.253. The normalized spacial score (nSPS) is 22.9. The van der Waals surface area contributed by atoms with Crippen LogP contribution in [0.25, 0.3) is 0 Å². The molecule has 0 radical (unpaired) electrons. The maximum atomic E-state index is 4.79. The molecule has 0 aromatic rings. The van der Waals surface area contributed by atoms with E-state index in [1.54, 1.807) is 0 Å². The molecule has 116 valence electrons. The highest BCUT2D eigenvalue weighted by molar-refractivity contribution is 5.80. The van der Waals surface area contributed by atoms with Gasteiger partial charge in [0.05, 0.1) is 6.54 Å². The molecule has 0 aromatic heterocycles. The lowest BCUT2D eigenvalue weighted by Gasteiger charge is -2.26. The predicted octanol–water partition coefficient (Wildman–Crippen LogP) is 2.36. The molecule has 0 amide bonds. The van der Waals surface area contributed by atoms with Crippen molar-refractivity contribution in [3.63, 3.8) is 0 Å². The summed E-state index contributed by atoms with van der Waals surface area (Å²) in [5, 5.41) is 7.01. The van der Waals surface area contributed by atoms with Gasteiger partial charge in [0, 0.05) is 24.7 Å². The molecule has 0 saturated heterocycles. The van der Waals surface area contributed by atoms with E-state index in [0.29, 0.717) is 12.1 Å². The van der Waals surface area contributed by atoms with Gasteiger partial charge in [0.15, 0.2) is 5.96 Å². The Labute approximate surface area is 124 Å². The van der Waals surface area contributed by atoms with Gasteiger partial charge in [-0.15, -0.1) is 0 Å². The molecule has 0 aliphatic heterocycles. The van der Waals surface area contributed by atoms with Crippen molar-refractivity contribution >= 4 is 5.96 Å². The third kappa shape index (κ3) is 4.97. The van der Waals surface area contributed by atoms with Crippen molar-refractivity contribution in [1.29, 1.82) is 0 Å². The number of nitrogens with one attached hydrogen (secondary N) is 2. The average Bonchev–Trinajstić information content (AvgIpc) is 3.29. The summed E-state index contributed by atoms with van der Waals surface area (Å²) in [6, 6.07) is 1.97. The highest BCUT2D eigenvalue weighted by Gasteiger charge is 2.28. The van der Waals surface area contributed by atoms with Crippen molar-refractivity contribution in [3.05, 3.63) is 0 Å². The van der Waals surface area contributed by atoms with Gasteiger partial charge in [-0.1, -0.05) is 19.3 Å². The molecule has 0 heterocycles. The maximum absolute atomic E-state index is 4.79. The first kappa shape index (κ1) is 15.6. The first-order valence-corrected chi connectivity index (χ1v) is 8.47. The summed E-state index contributed by atoms with van der Waals surface area (Å²) < 4.78 is 0. The van der Waals surface area contributed by atoms with Crippen LogP contribution in [-0.2, 0) is 0 Å². The summed E-state index contributed by atoms with van der Waals surface area (Å²) in [6.45, 7) is 6.24. The molecule has 1 unspecified atom stereocenters. The van der Waals surface area contributed by atoms with Gasteiger partial charge in [0.25, 0.3) is 0 Å². The van der Waals surface area contributed by atoms with E-state index in [-0.39, 0.29) is 0 Å². The summed E-state index contributed by atoms with van der Waals surface area (Å²) in [7, 11) is 2.24. The highest BCUT2D eigenvalue weighted by Crippen LogP contribution is 2.26. The molecule has 1 atom stereocenters. The Morgan fingerprint density at radius 2 is 1.90 bits per heavy atom. The molecule has 0 spiro atoms. The quantitative estimate of drug-likeness (QED) is 0.579. The first-order chi connectivity index (χ1) is 9.70. The molecule has 2 saturated carbocycles. The second kappa shape index (κ2) is 7.87. The third-order valence-electron chi connectivity index (χ3n) is 4.62. The number of likely N-dealkylation sites (N-methyl/N-ethyl adjacent to an activating group) is 1. The minimum absolute atomic E-state index is 0.532. The van der Waals surface area contributed by atoms with Gasteiger partial charge in [0.2, 0.25) is 0 Å². The van der Waals surface area contributed by atoms with Crippen molar-refractivity contribution in [2.75, 3.05) is 20.1 Å². The predicted molar refractivity (Wildman–Crippen MR) is 86.2 cm³/mol. The zero-order valence-electron chi connectivity index (χ0n) is 13.5. The molecular weight excluding hydrogens is 248 g/mol. The monoisotopic (exact) mass is 280 g/mol. The highest BCUT2D eigenvalue weighted by atomic mass is 15.2. The van der Waals surface area contributed by atoms with E-state index in [1.165, 1.54) is 44.9 Å². The summed E-state index contributed by atoms with van der Waals surface area (Å²) in [6.07, 6.45) is 9.44. The number of hydrogen-bond acceptors (Lipinski definition) is 2. The lowest BCUT2D eigenvalue weighted by atomic mass is 9.96. The van der Waals surface area contributed by atoms with Crippen molar-refractivity contribution in [3.8, 4) is 0 Å². The summed E-state index contributed by atoms with van der Waals surface area (Å²) in [4.78, 5) is 7.27. The first-order valence-electron chi connectivity index (χ1n) is 8.47. The molecule has 2 aliphatic rings. The van der Waals surface area contributed by atoms with Gasteiger partial charge in [-0.05, 0) is 46.6 Å². The van der Waals surface area contributed by atoms with Crippen molar-refractivity contribution in [2.45, 2.75) is 76.9 Å². The standard InChI is InChI=1S/C16H32N4/c1-4-17-16(19-14-8-6-5-7-9-14)18-12-13(2)20(3)15-10-11-15/h13-15H,4-12H2,1-3H3,(H2,17,18,19). The Kier molecular flexibility index (Phi) is 6.14. The van der Waals surface area contributed by atoms with E-state index in [0.717, 1.165) is 25.1 Å². The fourth-order valence-corrected chi connectivity index (χ4v) is 2.95. The zero-order chi connectivity index (χ0) is 14.4. The molecule has 20 heavy (non-hydrogen) atoms. The van der Waals surface area contributed by atoms with Gasteiger partial charge in [0.1, 0.15) is 0 Å². The Balaban J connectivity index is 1.80. The number of guanidine groups is 1. The molecule has 2 N–H and O–H groups in total.